The first kappa shape index (κ1) is 11.5. The van der Waals surface area contributed by atoms with Gasteiger partial charge in [0.25, 0.3) is 0 Å². The molecule has 0 aliphatic heterocycles. The van der Waals surface area contributed by atoms with Crippen molar-refractivity contribution < 1.29 is 0 Å². The molecule has 0 radical (unpaired) electrons. The van der Waals surface area contributed by atoms with Crippen molar-refractivity contribution in [2.24, 2.45) is 0 Å². The van der Waals surface area contributed by atoms with Crippen LogP contribution in [0.2, 0.25) is 0 Å². The molecule has 0 fully saturated rings. The van der Waals surface area contributed by atoms with E-state index in [4.69, 9.17) is 5.73 Å². The molecule has 3 aromatic rings. The third-order valence-electron chi connectivity index (χ3n) is 2.81. The summed E-state index contributed by atoms with van der Waals surface area (Å²) in [7, 11) is 0. The second-order valence-electron chi connectivity index (χ2n) is 4.11. The minimum absolute atomic E-state index is 0.265. The Morgan fingerprint density at radius 3 is 2.95 bits per heavy atom. The molecule has 0 saturated heterocycles. The van der Waals surface area contributed by atoms with Gasteiger partial charge in [0.2, 0.25) is 5.95 Å². The third-order valence-corrected chi connectivity index (χ3v) is 2.81. The minimum Gasteiger partial charge on any atom is -0.370 e. The lowest BCUT2D eigenvalue weighted by Gasteiger charge is -2.09. The number of anilines is 2. The second kappa shape index (κ2) is 4.56. The zero-order valence-corrected chi connectivity index (χ0v) is 10.5. The van der Waals surface area contributed by atoms with Gasteiger partial charge in [-0.15, -0.1) is 0 Å². The van der Waals surface area contributed by atoms with E-state index in [1.807, 2.05) is 37.4 Å². The molecule has 0 bridgehead atoms. The van der Waals surface area contributed by atoms with Gasteiger partial charge < -0.3 is 11.1 Å². The zero-order valence-electron chi connectivity index (χ0n) is 10.5. The Labute approximate surface area is 110 Å². The van der Waals surface area contributed by atoms with Gasteiger partial charge in [-0.3, -0.25) is 0 Å². The molecule has 0 aliphatic rings. The van der Waals surface area contributed by atoms with E-state index >= 15 is 0 Å². The van der Waals surface area contributed by atoms with E-state index < -0.39 is 0 Å². The molecule has 0 atom stereocenters. The highest BCUT2D eigenvalue weighted by Crippen LogP contribution is 2.23. The molecule has 1 aromatic carbocycles. The van der Waals surface area contributed by atoms with Crippen LogP contribution in [0.4, 0.5) is 11.8 Å². The summed E-state index contributed by atoms with van der Waals surface area (Å²) in [6.07, 6.45) is 3.62. The number of hydrogen-bond acceptors (Lipinski definition) is 5. The number of nitrogens with two attached hydrogens (primary N) is 1. The van der Waals surface area contributed by atoms with Crippen LogP contribution in [0.3, 0.4) is 0 Å². The van der Waals surface area contributed by atoms with Gasteiger partial charge in [-0.05, 0) is 31.2 Å². The van der Waals surface area contributed by atoms with Gasteiger partial charge in [-0.25, -0.2) is 9.67 Å². The predicted molar refractivity (Wildman–Crippen MR) is 75.2 cm³/mol. The Kier molecular flexibility index (Phi) is 2.75. The molecule has 0 spiro atoms. The number of hydrogen-bond donors (Lipinski definition) is 2. The van der Waals surface area contributed by atoms with E-state index in [9.17, 15) is 0 Å². The molecule has 3 N–H and O–H groups in total. The molecule has 0 saturated carbocycles. The number of benzene rings is 1. The van der Waals surface area contributed by atoms with Crippen LogP contribution in [0.15, 0.2) is 36.7 Å². The van der Waals surface area contributed by atoms with Crippen molar-refractivity contribution in [1.82, 2.24) is 19.7 Å². The summed E-state index contributed by atoms with van der Waals surface area (Å²) < 4.78 is 1.78. The lowest BCUT2D eigenvalue weighted by molar-refractivity contribution is 0.881. The van der Waals surface area contributed by atoms with Crippen LogP contribution >= 0.6 is 0 Å². The molecule has 19 heavy (non-hydrogen) atoms. The summed E-state index contributed by atoms with van der Waals surface area (Å²) >= 11 is 0. The van der Waals surface area contributed by atoms with Gasteiger partial charge in [-0.2, -0.15) is 10.1 Å². The molecule has 6 nitrogen and oxygen atoms in total. The van der Waals surface area contributed by atoms with Crippen molar-refractivity contribution in [1.29, 1.82) is 0 Å². The maximum atomic E-state index is 5.74. The Hall–Kier alpha value is -2.63. The SMILES string of the molecule is CCNc1nc(N)nc2cc(-n3cccn3)ccc12. The summed E-state index contributed by atoms with van der Waals surface area (Å²) in [5, 5.41) is 8.34. The van der Waals surface area contributed by atoms with E-state index in [2.05, 4.69) is 20.4 Å². The van der Waals surface area contributed by atoms with Crippen molar-refractivity contribution in [3.05, 3.63) is 36.7 Å². The molecule has 2 heterocycles. The fourth-order valence-corrected chi connectivity index (χ4v) is 2.00. The topological polar surface area (TPSA) is 81.6 Å². The molecule has 96 valence electrons. The molecule has 0 amide bonds. The highest BCUT2D eigenvalue weighted by atomic mass is 15.3. The van der Waals surface area contributed by atoms with Gasteiger partial charge >= 0.3 is 0 Å². The van der Waals surface area contributed by atoms with Crippen molar-refractivity contribution in [3.8, 4) is 5.69 Å². The summed E-state index contributed by atoms with van der Waals surface area (Å²) in [6, 6.07) is 7.78. The highest BCUT2D eigenvalue weighted by molar-refractivity contribution is 5.91. The van der Waals surface area contributed by atoms with Crippen molar-refractivity contribution in [2.75, 3.05) is 17.6 Å². The molecular weight excluding hydrogens is 240 g/mol. The van der Waals surface area contributed by atoms with Gasteiger partial charge in [0.15, 0.2) is 0 Å². The summed E-state index contributed by atoms with van der Waals surface area (Å²) in [5.41, 5.74) is 7.48. The molecule has 0 unspecified atom stereocenters. The maximum absolute atomic E-state index is 5.74. The molecule has 6 heteroatoms. The summed E-state index contributed by atoms with van der Waals surface area (Å²) in [4.78, 5) is 8.49. The monoisotopic (exact) mass is 254 g/mol. The van der Waals surface area contributed by atoms with Crippen molar-refractivity contribution >= 4 is 22.7 Å². The first-order valence-electron chi connectivity index (χ1n) is 6.09. The molecule has 0 aliphatic carbocycles. The lowest BCUT2D eigenvalue weighted by atomic mass is 10.2. The number of aromatic nitrogens is 4. The van der Waals surface area contributed by atoms with Crippen LogP contribution in [0, 0.1) is 0 Å². The first-order valence-corrected chi connectivity index (χ1v) is 6.09. The van der Waals surface area contributed by atoms with Gasteiger partial charge in [0.1, 0.15) is 5.82 Å². The average Bonchev–Trinajstić information content (AvgIpc) is 2.92. The number of nitrogens with zero attached hydrogens (tertiary/aromatic N) is 4. The van der Waals surface area contributed by atoms with E-state index in [1.165, 1.54) is 0 Å². The van der Waals surface area contributed by atoms with Crippen LogP contribution in [-0.2, 0) is 0 Å². The fourth-order valence-electron chi connectivity index (χ4n) is 2.00. The van der Waals surface area contributed by atoms with Crippen LogP contribution in [-0.4, -0.2) is 26.3 Å². The number of fused-ring (bicyclic) bond motifs is 1. The van der Waals surface area contributed by atoms with Crippen molar-refractivity contribution in [3.63, 3.8) is 0 Å². The Morgan fingerprint density at radius 1 is 1.32 bits per heavy atom. The molecule has 2 aromatic heterocycles. The van der Waals surface area contributed by atoms with Gasteiger partial charge in [0.05, 0.1) is 11.2 Å². The summed E-state index contributed by atoms with van der Waals surface area (Å²) in [6.45, 7) is 2.80. The van der Waals surface area contributed by atoms with Crippen LogP contribution in [0.5, 0.6) is 0 Å². The molecule has 3 rings (SSSR count). The summed E-state index contributed by atoms with van der Waals surface area (Å²) in [5.74, 6) is 1.03. The van der Waals surface area contributed by atoms with E-state index in [0.717, 1.165) is 29.0 Å². The third kappa shape index (κ3) is 2.08. The Morgan fingerprint density at radius 2 is 2.21 bits per heavy atom. The largest absolute Gasteiger partial charge is 0.370 e. The standard InChI is InChI=1S/C13H14N6/c1-2-15-12-10-5-4-9(19-7-3-6-16-19)8-11(10)17-13(14)18-12/h3-8H,2H2,1H3,(H3,14,15,17,18). The quantitative estimate of drug-likeness (QED) is 0.745. The average molecular weight is 254 g/mol. The Balaban J connectivity index is 2.18. The van der Waals surface area contributed by atoms with Crippen LogP contribution < -0.4 is 11.1 Å². The first-order chi connectivity index (χ1) is 9.28. The lowest BCUT2D eigenvalue weighted by Crippen LogP contribution is -2.05. The maximum Gasteiger partial charge on any atom is 0.222 e. The van der Waals surface area contributed by atoms with Crippen LogP contribution in [0.25, 0.3) is 16.6 Å². The molecular formula is C13H14N6. The number of rotatable bonds is 3. The number of nitrogens with one attached hydrogen (secondary N) is 1. The van der Waals surface area contributed by atoms with Crippen LogP contribution in [0.1, 0.15) is 6.92 Å². The van der Waals surface area contributed by atoms with E-state index in [0.29, 0.717) is 0 Å². The van der Waals surface area contributed by atoms with E-state index in [-0.39, 0.29) is 5.95 Å². The smallest absolute Gasteiger partial charge is 0.222 e. The Bertz CT molecular complexity index is 704. The fraction of sp³-hybridized carbons (Fsp3) is 0.154. The van der Waals surface area contributed by atoms with Gasteiger partial charge in [0, 0.05) is 24.3 Å². The number of nitrogen functional groups attached to an aromatic ring is 1. The minimum atomic E-state index is 0.265. The predicted octanol–water partition coefficient (Wildman–Crippen LogP) is 1.83. The second-order valence-corrected chi connectivity index (χ2v) is 4.11. The van der Waals surface area contributed by atoms with Gasteiger partial charge in [-0.1, -0.05) is 0 Å². The normalized spacial score (nSPS) is 10.8. The van der Waals surface area contributed by atoms with Crippen molar-refractivity contribution in [2.45, 2.75) is 6.92 Å². The zero-order chi connectivity index (χ0) is 13.2. The van der Waals surface area contributed by atoms with E-state index in [1.54, 1.807) is 10.9 Å². The highest BCUT2D eigenvalue weighted by Gasteiger charge is 2.07.